The van der Waals surface area contributed by atoms with Gasteiger partial charge in [0, 0.05) is 18.0 Å². The molecular formula is C13H11F4N3. The summed E-state index contributed by atoms with van der Waals surface area (Å²) in [6.45, 7) is 0.385. The number of hydrogen-bond acceptors (Lipinski definition) is 3. The Bertz CT molecular complexity index is 594. The molecule has 1 aromatic carbocycles. The zero-order valence-corrected chi connectivity index (χ0v) is 10.3. The molecule has 2 N–H and O–H groups in total. The maximum Gasteiger partial charge on any atom is 0.417 e. The molecule has 20 heavy (non-hydrogen) atoms. The smallest absolute Gasteiger partial charge is 0.330 e. The fourth-order valence-electron chi connectivity index (χ4n) is 1.74. The van der Waals surface area contributed by atoms with Gasteiger partial charge in [-0.25, -0.2) is 14.4 Å². The number of nitrogens with zero attached hydrogens (tertiary/aromatic N) is 2. The summed E-state index contributed by atoms with van der Waals surface area (Å²) in [6.07, 6.45) is -1.29. The van der Waals surface area contributed by atoms with Crippen LogP contribution in [0.1, 0.15) is 11.1 Å². The summed E-state index contributed by atoms with van der Waals surface area (Å²) in [4.78, 5) is 7.70. The number of nitrogens with two attached hydrogens (primary N) is 1. The van der Waals surface area contributed by atoms with E-state index in [9.17, 15) is 17.6 Å². The van der Waals surface area contributed by atoms with Crippen LogP contribution in [0.2, 0.25) is 0 Å². The lowest BCUT2D eigenvalue weighted by molar-refractivity contribution is -0.137. The van der Waals surface area contributed by atoms with Crippen molar-refractivity contribution >= 4 is 0 Å². The molecule has 1 aromatic heterocycles. The Labute approximate surface area is 112 Å². The third-order valence-electron chi connectivity index (χ3n) is 2.67. The Morgan fingerprint density at radius 3 is 2.30 bits per heavy atom. The Hall–Kier alpha value is -2.02. The van der Waals surface area contributed by atoms with Crippen molar-refractivity contribution in [2.45, 2.75) is 12.6 Å². The predicted octanol–water partition coefficient (Wildman–Crippen LogP) is 2.80. The van der Waals surface area contributed by atoms with Gasteiger partial charge < -0.3 is 5.73 Å². The quantitative estimate of drug-likeness (QED) is 0.882. The van der Waals surface area contributed by atoms with E-state index in [0.717, 1.165) is 12.1 Å². The average Bonchev–Trinajstić information content (AvgIpc) is 2.38. The number of hydrogen-bond donors (Lipinski definition) is 1. The van der Waals surface area contributed by atoms with Crippen LogP contribution >= 0.6 is 0 Å². The molecule has 106 valence electrons. The van der Waals surface area contributed by atoms with Gasteiger partial charge in [0.2, 0.25) is 0 Å². The van der Waals surface area contributed by atoms with Crippen LogP contribution in [0.4, 0.5) is 17.6 Å². The number of benzene rings is 1. The van der Waals surface area contributed by atoms with Gasteiger partial charge in [0.15, 0.2) is 5.82 Å². The van der Waals surface area contributed by atoms with Gasteiger partial charge in [-0.2, -0.15) is 13.2 Å². The molecule has 0 aliphatic heterocycles. The van der Waals surface area contributed by atoms with Gasteiger partial charge in [-0.1, -0.05) is 0 Å². The normalized spacial score (nSPS) is 11.7. The molecule has 1 heterocycles. The lowest BCUT2D eigenvalue weighted by Gasteiger charge is -2.12. The molecule has 0 amide bonds. The first-order chi connectivity index (χ1) is 9.41. The summed E-state index contributed by atoms with van der Waals surface area (Å²) in [6, 6.07) is 2.22. The molecule has 0 unspecified atom stereocenters. The summed E-state index contributed by atoms with van der Waals surface area (Å²) < 4.78 is 51.8. The van der Waals surface area contributed by atoms with Gasteiger partial charge in [0.1, 0.15) is 5.82 Å². The minimum Gasteiger partial charge on any atom is -0.330 e. The van der Waals surface area contributed by atoms with Crippen molar-refractivity contribution in [1.82, 2.24) is 9.97 Å². The van der Waals surface area contributed by atoms with Gasteiger partial charge in [-0.05, 0) is 36.7 Å². The molecule has 0 saturated carbocycles. The van der Waals surface area contributed by atoms with Crippen molar-refractivity contribution in [3.05, 3.63) is 47.5 Å². The highest BCUT2D eigenvalue weighted by Gasteiger charge is 2.34. The minimum atomic E-state index is -4.59. The van der Waals surface area contributed by atoms with Gasteiger partial charge >= 0.3 is 6.18 Å². The molecule has 0 radical (unpaired) electrons. The van der Waals surface area contributed by atoms with Gasteiger partial charge in [-0.15, -0.1) is 0 Å². The largest absolute Gasteiger partial charge is 0.417 e. The van der Waals surface area contributed by atoms with E-state index < -0.39 is 17.6 Å². The zero-order chi connectivity index (χ0) is 14.8. The van der Waals surface area contributed by atoms with Crippen LogP contribution in [-0.2, 0) is 12.6 Å². The van der Waals surface area contributed by atoms with Crippen molar-refractivity contribution in [3.8, 4) is 11.4 Å². The van der Waals surface area contributed by atoms with E-state index in [0.29, 0.717) is 24.6 Å². The molecule has 0 aliphatic carbocycles. The van der Waals surface area contributed by atoms with Crippen LogP contribution in [0.3, 0.4) is 0 Å². The predicted molar refractivity (Wildman–Crippen MR) is 65.2 cm³/mol. The van der Waals surface area contributed by atoms with Crippen LogP contribution in [0.5, 0.6) is 0 Å². The molecule has 0 bridgehead atoms. The minimum absolute atomic E-state index is 0.169. The van der Waals surface area contributed by atoms with Gasteiger partial charge in [0.25, 0.3) is 0 Å². The number of aromatic nitrogens is 2. The van der Waals surface area contributed by atoms with Gasteiger partial charge in [0.05, 0.1) is 5.56 Å². The Balaban J connectivity index is 2.48. The van der Waals surface area contributed by atoms with Crippen LogP contribution in [0, 0.1) is 5.82 Å². The van der Waals surface area contributed by atoms with E-state index in [1.807, 2.05) is 0 Å². The second kappa shape index (κ2) is 5.54. The van der Waals surface area contributed by atoms with Crippen LogP contribution in [0.15, 0.2) is 30.6 Å². The topological polar surface area (TPSA) is 51.8 Å². The lowest BCUT2D eigenvalue weighted by Crippen LogP contribution is -2.09. The number of rotatable bonds is 3. The van der Waals surface area contributed by atoms with E-state index >= 15 is 0 Å². The van der Waals surface area contributed by atoms with E-state index in [1.165, 1.54) is 12.4 Å². The molecule has 3 nitrogen and oxygen atoms in total. The molecule has 0 atom stereocenters. The van der Waals surface area contributed by atoms with E-state index in [-0.39, 0.29) is 11.4 Å². The van der Waals surface area contributed by atoms with E-state index in [2.05, 4.69) is 9.97 Å². The van der Waals surface area contributed by atoms with Crippen LogP contribution in [-0.4, -0.2) is 16.5 Å². The standard InChI is InChI=1S/C13H11F4N3/c14-9-1-2-11(13(15,16)17)10(5-9)12-19-6-8(3-4-18)7-20-12/h1-2,5-7H,3-4,18H2. The molecule has 0 fully saturated rings. The molecule has 0 saturated heterocycles. The van der Waals surface area contributed by atoms with Crippen molar-refractivity contribution in [2.75, 3.05) is 6.54 Å². The molecular weight excluding hydrogens is 274 g/mol. The number of halogens is 4. The second-order valence-corrected chi connectivity index (χ2v) is 4.14. The Morgan fingerprint density at radius 2 is 1.75 bits per heavy atom. The first kappa shape index (κ1) is 14.4. The van der Waals surface area contributed by atoms with Crippen molar-refractivity contribution in [3.63, 3.8) is 0 Å². The van der Waals surface area contributed by atoms with Gasteiger partial charge in [-0.3, -0.25) is 0 Å². The fourth-order valence-corrected chi connectivity index (χ4v) is 1.74. The van der Waals surface area contributed by atoms with Crippen LogP contribution < -0.4 is 5.73 Å². The monoisotopic (exact) mass is 285 g/mol. The highest BCUT2D eigenvalue weighted by molar-refractivity contribution is 5.61. The SMILES string of the molecule is NCCc1cnc(-c2cc(F)ccc2C(F)(F)F)nc1. The van der Waals surface area contributed by atoms with Crippen LogP contribution in [0.25, 0.3) is 11.4 Å². The van der Waals surface area contributed by atoms with E-state index in [1.54, 1.807) is 0 Å². The summed E-state index contributed by atoms with van der Waals surface area (Å²) >= 11 is 0. The molecule has 2 aromatic rings. The fraction of sp³-hybridized carbons (Fsp3) is 0.231. The molecule has 0 spiro atoms. The third-order valence-corrected chi connectivity index (χ3v) is 2.67. The second-order valence-electron chi connectivity index (χ2n) is 4.14. The Morgan fingerprint density at radius 1 is 1.10 bits per heavy atom. The molecule has 7 heteroatoms. The van der Waals surface area contributed by atoms with Crippen molar-refractivity contribution in [2.24, 2.45) is 5.73 Å². The summed E-state index contributed by atoms with van der Waals surface area (Å²) in [5.74, 6) is -0.944. The summed E-state index contributed by atoms with van der Waals surface area (Å²) in [7, 11) is 0. The van der Waals surface area contributed by atoms with E-state index in [4.69, 9.17) is 5.73 Å². The first-order valence-electron chi connectivity index (χ1n) is 5.80. The highest BCUT2D eigenvalue weighted by Crippen LogP contribution is 2.36. The molecule has 0 aliphatic rings. The maximum absolute atomic E-state index is 13.2. The summed E-state index contributed by atoms with van der Waals surface area (Å²) in [5.41, 5.74) is 4.72. The average molecular weight is 285 g/mol. The lowest BCUT2D eigenvalue weighted by atomic mass is 10.1. The number of alkyl halides is 3. The third kappa shape index (κ3) is 3.11. The van der Waals surface area contributed by atoms with Crippen molar-refractivity contribution < 1.29 is 17.6 Å². The summed E-state index contributed by atoms with van der Waals surface area (Å²) in [5, 5.41) is 0. The maximum atomic E-state index is 13.2. The zero-order valence-electron chi connectivity index (χ0n) is 10.3. The van der Waals surface area contributed by atoms with Crippen molar-refractivity contribution in [1.29, 1.82) is 0 Å². The first-order valence-corrected chi connectivity index (χ1v) is 5.80. The highest BCUT2D eigenvalue weighted by atomic mass is 19.4. The molecule has 2 rings (SSSR count). The Kier molecular flexibility index (Phi) is 3.99.